The van der Waals surface area contributed by atoms with Crippen molar-refractivity contribution < 1.29 is 0 Å². The molecular formula is C11H10Cl2N4. The number of nitrogens with one attached hydrogen (secondary N) is 1. The Kier molecular flexibility index (Phi) is 3.26. The molecule has 2 rings (SSSR count). The first-order chi connectivity index (χ1) is 8.04. The fourth-order valence-electron chi connectivity index (χ4n) is 1.33. The molecule has 1 aromatic heterocycles. The Labute approximate surface area is 109 Å². The van der Waals surface area contributed by atoms with Gasteiger partial charge in [0.1, 0.15) is 11.6 Å². The second-order valence-electron chi connectivity index (χ2n) is 3.45. The molecule has 17 heavy (non-hydrogen) atoms. The van der Waals surface area contributed by atoms with Crippen LogP contribution < -0.4 is 16.8 Å². The van der Waals surface area contributed by atoms with Crippen molar-refractivity contribution in [3.05, 3.63) is 40.4 Å². The third-order valence-electron chi connectivity index (χ3n) is 2.09. The summed E-state index contributed by atoms with van der Waals surface area (Å²) in [6.07, 6.45) is 0. The number of hydrogen-bond donors (Lipinski definition) is 3. The van der Waals surface area contributed by atoms with E-state index in [9.17, 15) is 0 Å². The molecule has 0 radical (unpaired) electrons. The van der Waals surface area contributed by atoms with E-state index in [4.69, 9.17) is 34.7 Å². The standard InChI is InChI=1S/C11H10Cl2N4/c12-6-3-7(13)5-8(4-6)16-10-2-1-9(14)11(15)17-10/h1-5H,14H2,(H3,15,16,17). The first-order valence-corrected chi connectivity index (χ1v) is 5.55. The zero-order chi connectivity index (χ0) is 12.4. The van der Waals surface area contributed by atoms with Crippen LogP contribution in [-0.2, 0) is 0 Å². The number of nitrogens with two attached hydrogens (primary N) is 2. The number of anilines is 4. The van der Waals surface area contributed by atoms with Crippen molar-refractivity contribution in [2.45, 2.75) is 0 Å². The zero-order valence-corrected chi connectivity index (χ0v) is 10.3. The molecule has 1 heterocycles. The number of hydrogen-bond acceptors (Lipinski definition) is 4. The second kappa shape index (κ2) is 4.69. The third kappa shape index (κ3) is 2.93. The first-order valence-electron chi connectivity index (χ1n) is 4.80. The van der Waals surface area contributed by atoms with Gasteiger partial charge in [-0.2, -0.15) is 0 Å². The smallest absolute Gasteiger partial charge is 0.149 e. The van der Waals surface area contributed by atoms with Gasteiger partial charge in [0, 0.05) is 15.7 Å². The van der Waals surface area contributed by atoms with E-state index in [0.29, 0.717) is 21.6 Å². The van der Waals surface area contributed by atoms with E-state index in [-0.39, 0.29) is 5.82 Å². The number of halogens is 2. The lowest BCUT2D eigenvalue weighted by molar-refractivity contribution is 1.32. The minimum absolute atomic E-state index is 0.281. The van der Waals surface area contributed by atoms with E-state index in [1.807, 2.05) is 0 Å². The van der Waals surface area contributed by atoms with Gasteiger partial charge in [-0.25, -0.2) is 4.98 Å². The molecule has 0 atom stereocenters. The van der Waals surface area contributed by atoms with Gasteiger partial charge < -0.3 is 16.8 Å². The number of nitrogens with zero attached hydrogens (tertiary/aromatic N) is 1. The quantitative estimate of drug-likeness (QED) is 0.781. The summed E-state index contributed by atoms with van der Waals surface area (Å²) >= 11 is 11.8. The molecule has 0 spiro atoms. The fourth-order valence-corrected chi connectivity index (χ4v) is 1.86. The molecule has 88 valence electrons. The van der Waals surface area contributed by atoms with Crippen LogP contribution in [0.15, 0.2) is 30.3 Å². The Bertz CT molecular complexity index is 537. The summed E-state index contributed by atoms with van der Waals surface area (Å²) in [7, 11) is 0. The van der Waals surface area contributed by atoms with Gasteiger partial charge in [-0.05, 0) is 30.3 Å². The van der Waals surface area contributed by atoms with Crippen LogP contribution in [0.5, 0.6) is 0 Å². The molecule has 0 aliphatic rings. The van der Waals surface area contributed by atoms with Gasteiger partial charge in [0.25, 0.3) is 0 Å². The summed E-state index contributed by atoms with van der Waals surface area (Å²) in [5.41, 5.74) is 12.4. The summed E-state index contributed by atoms with van der Waals surface area (Å²) in [4.78, 5) is 4.08. The van der Waals surface area contributed by atoms with Crippen molar-refractivity contribution in [2.24, 2.45) is 0 Å². The lowest BCUT2D eigenvalue weighted by atomic mass is 10.3. The van der Waals surface area contributed by atoms with Crippen LogP contribution in [0.3, 0.4) is 0 Å². The molecule has 0 fully saturated rings. The van der Waals surface area contributed by atoms with Crippen molar-refractivity contribution in [3.63, 3.8) is 0 Å². The van der Waals surface area contributed by atoms with Crippen molar-refractivity contribution in [2.75, 3.05) is 16.8 Å². The minimum atomic E-state index is 0.281. The molecule has 1 aromatic carbocycles. The lowest BCUT2D eigenvalue weighted by Gasteiger charge is -2.08. The van der Waals surface area contributed by atoms with Crippen LogP contribution in [0.2, 0.25) is 10.0 Å². The number of nitrogen functional groups attached to an aromatic ring is 2. The Hall–Kier alpha value is -1.65. The molecule has 5 N–H and O–H groups in total. The largest absolute Gasteiger partial charge is 0.396 e. The number of aromatic nitrogens is 1. The van der Waals surface area contributed by atoms with E-state index < -0.39 is 0 Å². The van der Waals surface area contributed by atoms with Gasteiger partial charge in [-0.3, -0.25) is 0 Å². The maximum absolute atomic E-state index is 5.88. The molecular weight excluding hydrogens is 259 g/mol. The SMILES string of the molecule is Nc1ccc(Nc2cc(Cl)cc(Cl)c2)nc1N. The van der Waals surface area contributed by atoms with E-state index in [1.54, 1.807) is 30.3 Å². The summed E-state index contributed by atoms with van der Waals surface area (Å²) in [5, 5.41) is 4.13. The van der Waals surface area contributed by atoms with Crippen molar-refractivity contribution in [1.82, 2.24) is 4.98 Å². The normalized spacial score (nSPS) is 10.2. The van der Waals surface area contributed by atoms with Gasteiger partial charge in [0.2, 0.25) is 0 Å². The molecule has 2 aromatic rings. The van der Waals surface area contributed by atoms with Crippen molar-refractivity contribution >= 4 is 46.2 Å². The van der Waals surface area contributed by atoms with Crippen LogP contribution in [0.1, 0.15) is 0 Å². The van der Waals surface area contributed by atoms with Gasteiger partial charge in [0.15, 0.2) is 0 Å². The highest BCUT2D eigenvalue weighted by atomic mass is 35.5. The number of rotatable bonds is 2. The first kappa shape index (κ1) is 11.8. The molecule has 0 aliphatic heterocycles. The topological polar surface area (TPSA) is 77.0 Å². The monoisotopic (exact) mass is 268 g/mol. The second-order valence-corrected chi connectivity index (χ2v) is 4.33. The molecule has 4 nitrogen and oxygen atoms in total. The summed E-state index contributed by atoms with van der Waals surface area (Å²) in [5.74, 6) is 0.859. The van der Waals surface area contributed by atoms with Gasteiger partial charge in [-0.1, -0.05) is 23.2 Å². The average molecular weight is 269 g/mol. The lowest BCUT2D eigenvalue weighted by Crippen LogP contribution is -2.01. The van der Waals surface area contributed by atoms with E-state index in [0.717, 1.165) is 5.69 Å². The predicted octanol–water partition coefficient (Wildman–Crippen LogP) is 3.30. The average Bonchev–Trinajstić information content (AvgIpc) is 2.22. The number of benzene rings is 1. The van der Waals surface area contributed by atoms with Crippen molar-refractivity contribution in [1.29, 1.82) is 0 Å². The molecule has 0 saturated carbocycles. The maximum Gasteiger partial charge on any atom is 0.149 e. The predicted molar refractivity (Wildman–Crippen MR) is 72.8 cm³/mol. The van der Waals surface area contributed by atoms with Gasteiger partial charge in [-0.15, -0.1) is 0 Å². The number of pyridine rings is 1. The van der Waals surface area contributed by atoms with Crippen LogP contribution >= 0.6 is 23.2 Å². The molecule has 6 heteroatoms. The fraction of sp³-hybridized carbons (Fsp3) is 0. The van der Waals surface area contributed by atoms with Crippen molar-refractivity contribution in [3.8, 4) is 0 Å². The molecule has 0 bridgehead atoms. The summed E-state index contributed by atoms with van der Waals surface area (Å²) in [6, 6.07) is 8.53. The van der Waals surface area contributed by atoms with Crippen LogP contribution in [0.25, 0.3) is 0 Å². The van der Waals surface area contributed by atoms with Gasteiger partial charge >= 0.3 is 0 Å². The Balaban J connectivity index is 2.28. The minimum Gasteiger partial charge on any atom is -0.396 e. The molecule has 0 aliphatic carbocycles. The van der Waals surface area contributed by atoms with Crippen LogP contribution in [-0.4, -0.2) is 4.98 Å². The van der Waals surface area contributed by atoms with Gasteiger partial charge in [0.05, 0.1) is 5.69 Å². The maximum atomic E-state index is 5.88. The third-order valence-corrected chi connectivity index (χ3v) is 2.53. The van der Waals surface area contributed by atoms with Crippen LogP contribution in [0.4, 0.5) is 23.0 Å². The Morgan fingerprint density at radius 1 is 1.00 bits per heavy atom. The highest BCUT2D eigenvalue weighted by molar-refractivity contribution is 6.35. The Morgan fingerprint density at radius 3 is 2.24 bits per heavy atom. The molecule has 0 saturated heterocycles. The Morgan fingerprint density at radius 2 is 1.65 bits per heavy atom. The summed E-state index contributed by atoms with van der Waals surface area (Å²) in [6.45, 7) is 0. The van der Waals surface area contributed by atoms with E-state index in [1.165, 1.54) is 0 Å². The van der Waals surface area contributed by atoms with Crippen LogP contribution in [0, 0.1) is 0 Å². The van der Waals surface area contributed by atoms with E-state index >= 15 is 0 Å². The highest BCUT2D eigenvalue weighted by Crippen LogP contribution is 2.25. The zero-order valence-electron chi connectivity index (χ0n) is 8.74. The molecule has 0 unspecified atom stereocenters. The molecule has 0 amide bonds. The highest BCUT2D eigenvalue weighted by Gasteiger charge is 2.02. The van der Waals surface area contributed by atoms with E-state index in [2.05, 4.69) is 10.3 Å². The summed E-state index contributed by atoms with van der Waals surface area (Å²) < 4.78 is 0.